The molecule has 1 aromatic carbocycles. The lowest BCUT2D eigenvalue weighted by Crippen LogP contribution is -2.44. The van der Waals surface area contributed by atoms with Gasteiger partial charge in [-0.2, -0.15) is 0 Å². The quantitative estimate of drug-likeness (QED) is 0.463. The predicted molar refractivity (Wildman–Crippen MR) is 88.4 cm³/mol. The summed E-state index contributed by atoms with van der Waals surface area (Å²) in [5, 5.41) is 6.22. The number of methoxy groups -OCH3 is 1. The third-order valence-corrected chi connectivity index (χ3v) is 3.64. The van der Waals surface area contributed by atoms with Crippen LogP contribution in [0.1, 0.15) is 12.0 Å². The molecule has 6 nitrogen and oxygen atoms in total. The normalized spacial score (nSPS) is 13.9. The van der Waals surface area contributed by atoms with E-state index >= 15 is 0 Å². The minimum atomic E-state index is 0.0600. The van der Waals surface area contributed by atoms with E-state index in [0.717, 1.165) is 31.6 Å². The maximum Gasteiger partial charge on any atom is 0.246 e. The van der Waals surface area contributed by atoms with E-state index in [0.29, 0.717) is 12.6 Å². The van der Waals surface area contributed by atoms with E-state index in [1.807, 2.05) is 23.1 Å². The van der Waals surface area contributed by atoms with Gasteiger partial charge in [0.25, 0.3) is 0 Å². The Hall–Kier alpha value is -2.08. The third-order valence-electron chi connectivity index (χ3n) is 3.64. The predicted octanol–water partition coefficient (Wildman–Crippen LogP) is 0.777. The van der Waals surface area contributed by atoms with Crippen LogP contribution in [0.3, 0.4) is 0 Å². The van der Waals surface area contributed by atoms with Crippen molar-refractivity contribution in [1.29, 1.82) is 0 Å². The van der Waals surface area contributed by atoms with Crippen molar-refractivity contribution >= 4 is 17.6 Å². The molecule has 0 atom stereocenters. The third kappa shape index (κ3) is 4.21. The summed E-state index contributed by atoms with van der Waals surface area (Å²) >= 11 is 0. The Balaban J connectivity index is 1.80. The highest BCUT2D eigenvalue weighted by Gasteiger charge is 2.23. The van der Waals surface area contributed by atoms with Gasteiger partial charge in [-0.05, 0) is 24.5 Å². The molecule has 0 spiro atoms. The summed E-state index contributed by atoms with van der Waals surface area (Å²) in [6.07, 6.45) is 1.82. The molecule has 0 bridgehead atoms. The van der Waals surface area contributed by atoms with Crippen LogP contribution in [-0.2, 0) is 16.0 Å². The van der Waals surface area contributed by atoms with Crippen molar-refractivity contribution in [2.24, 2.45) is 4.99 Å². The molecule has 2 N–H and O–H groups in total. The number of guanidine groups is 1. The smallest absolute Gasteiger partial charge is 0.246 e. The molecule has 0 aromatic heterocycles. The van der Waals surface area contributed by atoms with E-state index in [2.05, 4.69) is 21.7 Å². The number of hydrogen-bond donors (Lipinski definition) is 2. The summed E-state index contributed by atoms with van der Waals surface area (Å²) in [5.74, 6) is 0.696. The molecule has 1 aromatic rings. The van der Waals surface area contributed by atoms with Crippen molar-refractivity contribution in [2.75, 3.05) is 45.3 Å². The monoisotopic (exact) mass is 304 g/mol. The van der Waals surface area contributed by atoms with Gasteiger partial charge >= 0.3 is 0 Å². The number of carbonyl (C=O) groups is 1. The second kappa shape index (κ2) is 8.38. The van der Waals surface area contributed by atoms with Crippen molar-refractivity contribution < 1.29 is 9.53 Å². The molecule has 1 amide bonds. The molecule has 0 fully saturated rings. The summed E-state index contributed by atoms with van der Waals surface area (Å²) in [6, 6.07) is 8.05. The van der Waals surface area contributed by atoms with E-state index < -0.39 is 0 Å². The minimum Gasteiger partial charge on any atom is -0.385 e. The second-order valence-electron chi connectivity index (χ2n) is 5.12. The fourth-order valence-corrected chi connectivity index (χ4v) is 2.50. The highest BCUT2D eigenvalue weighted by atomic mass is 16.5. The summed E-state index contributed by atoms with van der Waals surface area (Å²) in [5.41, 5.74) is 2.26. The first-order valence-corrected chi connectivity index (χ1v) is 7.58. The number of ether oxygens (including phenoxy) is 1. The average molecular weight is 304 g/mol. The fourth-order valence-electron chi connectivity index (χ4n) is 2.50. The number of nitrogens with zero attached hydrogens (tertiary/aromatic N) is 2. The number of nitrogens with one attached hydrogen (secondary N) is 2. The zero-order valence-electron chi connectivity index (χ0n) is 13.3. The van der Waals surface area contributed by atoms with Gasteiger partial charge in [-0.1, -0.05) is 18.2 Å². The van der Waals surface area contributed by atoms with Gasteiger partial charge in [0.2, 0.25) is 5.91 Å². The Morgan fingerprint density at radius 2 is 2.18 bits per heavy atom. The van der Waals surface area contributed by atoms with Crippen LogP contribution in [0.25, 0.3) is 0 Å². The highest BCUT2D eigenvalue weighted by Crippen LogP contribution is 2.27. The van der Waals surface area contributed by atoms with Crippen molar-refractivity contribution in [3.63, 3.8) is 0 Å². The summed E-state index contributed by atoms with van der Waals surface area (Å²) in [4.78, 5) is 18.3. The molecule has 22 heavy (non-hydrogen) atoms. The lowest BCUT2D eigenvalue weighted by atomic mass is 10.2. The van der Waals surface area contributed by atoms with E-state index in [9.17, 15) is 4.79 Å². The number of anilines is 1. The van der Waals surface area contributed by atoms with Gasteiger partial charge < -0.3 is 20.3 Å². The first-order valence-electron chi connectivity index (χ1n) is 7.58. The molecule has 0 unspecified atom stereocenters. The molecule has 0 saturated heterocycles. The molecule has 0 aliphatic carbocycles. The maximum atomic E-state index is 12.4. The van der Waals surface area contributed by atoms with Gasteiger partial charge in [0.05, 0.1) is 6.54 Å². The lowest BCUT2D eigenvalue weighted by Gasteiger charge is -2.18. The zero-order valence-corrected chi connectivity index (χ0v) is 13.3. The number of amides is 1. The van der Waals surface area contributed by atoms with Crippen molar-refractivity contribution in [2.45, 2.75) is 12.8 Å². The van der Waals surface area contributed by atoms with Gasteiger partial charge in [0, 0.05) is 39.5 Å². The molecule has 0 radical (unpaired) electrons. The van der Waals surface area contributed by atoms with Gasteiger partial charge in [-0.15, -0.1) is 0 Å². The number of carbonyl (C=O) groups excluding carboxylic acids is 1. The Labute approximate surface area is 131 Å². The second-order valence-corrected chi connectivity index (χ2v) is 5.12. The van der Waals surface area contributed by atoms with Gasteiger partial charge in [0.1, 0.15) is 0 Å². The molecule has 120 valence electrons. The Morgan fingerprint density at radius 1 is 1.36 bits per heavy atom. The van der Waals surface area contributed by atoms with Crippen LogP contribution in [0.5, 0.6) is 0 Å². The number of rotatable bonds is 6. The molecular formula is C16H24N4O2. The van der Waals surface area contributed by atoms with E-state index in [4.69, 9.17) is 4.74 Å². The van der Waals surface area contributed by atoms with Crippen LogP contribution in [0.15, 0.2) is 29.3 Å². The molecule has 1 aliphatic rings. The largest absolute Gasteiger partial charge is 0.385 e. The van der Waals surface area contributed by atoms with Crippen LogP contribution in [0, 0.1) is 0 Å². The Kier molecular flexibility index (Phi) is 6.21. The molecule has 0 saturated carbocycles. The average Bonchev–Trinajstić information content (AvgIpc) is 2.98. The molecule has 1 heterocycles. The first kappa shape index (κ1) is 16.3. The number of benzene rings is 1. The fraction of sp³-hybridized carbons (Fsp3) is 0.500. The van der Waals surface area contributed by atoms with Gasteiger partial charge in [-0.3, -0.25) is 9.79 Å². The van der Waals surface area contributed by atoms with Crippen LogP contribution < -0.4 is 15.5 Å². The molecule has 6 heteroatoms. The highest BCUT2D eigenvalue weighted by molar-refractivity contribution is 5.98. The summed E-state index contributed by atoms with van der Waals surface area (Å²) < 4.78 is 5.00. The van der Waals surface area contributed by atoms with Crippen LogP contribution in [0.4, 0.5) is 5.69 Å². The number of fused-ring (bicyclic) bond motifs is 1. The van der Waals surface area contributed by atoms with Crippen molar-refractivity contribution in [3.8, 4) is 0 Å². The van der Waals surface area contributed by atoms with Gasteiger partial charge in [0.15, 0.2) is 5.96 Å². The Morgan fingerprint density at radius 3 is 2.95 bits per heavy atom. The standard InChI is InChI=1S/C16H24N4O2/c1-17-16(18-9-5-11-22-2)19-12-15(21)20-10-8-13-6-3-4-7-14(13)20/h3-4,6-7H,5,8-12H2,1-2H3,(H2,17,18,19). The van der Waals surface area contributed by atoms with Crippen LogP contribution in [-0.4, -0.2) is 52.3 Å². The molecule has 1 aliphatic heterocycles. The number of hydrogen-bond acceptors (Lipinski definition) is 3. The van der Waals surface area contributed by atoms with Crippen LogP contribution in [0.2, 0.25) is 0 Å². The minimum absolute atomic E-state index is 0.0600. The molecule has 2 rings (SSSR count). The van der Waals surface area contributed by atoms with Crippen LogP contribution >= 0.6 is 0 Å². The van der Waals surface area contributed by atoms with Gasteiger partial charge in [-0.25, -0.2) is 0 Å². The van der Waals surface area contributed by atoms with Crippen molar-refractivity contribution in [3.05, 3.63) is 29.8 Å². The summed E-state index contributed by atoms with van der Waals surface area (Å²) in [7, 11) is 3.38. The van der Waals surface area contributed by atoms with Crippen molar-refractivity contribution in [1.82, 2.24) is 10.6 Å². The SMILES string of the molecule is CN=C(NCCCOC)NCC(=O)N1CCc2ccccc21. The lowest BCUT2D eigenvalue weighted by molar-refractivity contribution is -0.117. The molecular weight excluding hydrogens is 280 g/mol. The zero-order chi connectivity index (χ0) is 15.8. The maximum absolute atomic E-state index is 12.4. The topological polar surface area (TPSA) is 66.0 Å². The van der Waals surface area contributed by atoms with E-state index in [-0.39, 0.29) is 12.5 Å². The van der Waals surface area contributed by atoms with E-state index in [1.165, 1.54) is 5.56 Å². The number of aliphatic imine (C=N–C) groups is 1. The Bertz CT molecular complexity index is 531. The number of para-hydroxylation sites is 1. The summed E-state index contributed by atoms with van der Waals surface area (Å²) in [6.45, 7) is 2.44. The van der Waals surface area contributed by atoms with E-state index in [1.54, 1.807) is 14.2 Å². The first-order chi connectivity index (χ1) is 10.8.